The van der Waals surface area contributed by atoms with E-state index in [1.807, 2.05) is 51.1 Å². The quantitative estimate of drug-likeness (QED) is 0.770. The highest BCUT2D eigenvalue weighted by Gasteiger charge is 2.24. The second-order valence-electron chi connectivity index (χ2n) is 5.06. The molecule has 1 rings (SSSR count). The van der Waals surface area contributed by atoms with E-state index in [2.05, 4.69) is 5.32 Å². The Morgan fingerprint density at radius 2 is 1.86 bits per heavy atom. The first kappa shape index (κ1) is 17.2. The van der Waals surface area contributed by atoms with E-state index in [4.69, 9.17) is 0 Å². The largest absolute Gasteiger partial charge is 0.480 e. The molecule has 21 heavy (non-hydrogen) atoms. The second-order valence-corrected chi connectivity index (χ2v) is 5.06. The molecule has 0 radical (unpaired) electrons. The van der Waals surface area contributed by atoms with E-state index in [-0.39, 0.29) is 18.4 Å². The molecular weight excluding hydrogens is 268 g/mol. The molecule has 116 valence electrons. The predicted molar refractivity (Wildman–Crippen MR) is 83.4 cm³/mol. The number of benzene rings is 1. The molecule has 0 aliphatic heterocycles. The van der Waals surface area contributed by atoms with Gasteiger partial charge in [-0.2, -0.15) is 0 Å². The van der Waals surface area contributed by atoms with Crippen LogP contribution in [0.15, 0.2) is 30.3 Å². The van der Waals surface area contributed by atoms with Crippen LogP contribution in [0, 0.1) is 5.92 Å². The number of carbonyl (C=O) groups excluding carboxylic acids is 1. The Kier molecular flexibility index (Phi) is 6.88. The number of amides is 1. The first-order valence-corrected chi connectivity index (χ1v) is 7.32. The minimum Gasteiger partial charge on any atom is -0.480 e. The Labute approximate surface area is 126 Å². The summed E-state index contributed by atoms with van der Waals surface area (Å²) < 4.78 is 0. The van der Waals surface area contributed by atoms with Crippen molar-refractivity contribution in [1.82, 2.24) is 5.32 Å². The van der Waals surface area contributed by atoms with E-state index < -0.39 is 12.0 Å². The number of rotatable bonds is 8. The van der Waals surface area contributed by atoms with Gasteiger partial charge in [0.2, 0.25) is 5.91 Å². The molecule has 1 amide bonds. The van der Waals surface area contributed by atoms with E-state index in [0.717, 1.165) is 12.1 Å². The SMILES string of the molecule is CC[C@H](C)[C@H](NCC(=O)N(CC)c1ccccc1)C(=O)O. The number of carbonyl (C=O) groups is 2. The summed E-state index contributed by atoms with van der Waals surface area (Å²) >= 11 is 0. The van der Waals surface area contributed by atoms with Crippen LogP contribution in [0.1, 0.15) is 27.2 Å². The predicted octanol–water partition coefficient (Wildman–Crippen LogP) is 2.13. The molecule has 0 aliphatic carbocycles. The van der Waals surface area contributed by atoms with Gasteiger partial charge in [0.15, 0.2) is 0 Å². The lowest BCUT2D eigenvalue weighted by atomic mass is 9.99. The maximum atomic E-state index is 12.3. The summed E-state index contributed by atoms with van der Waals surface area (Å²) in [6, 6.07) is 8.67. The van der Waals surface area contributed by atoms with E-state index in [9.17, 15) is 14.7 Å². The number of carboxylic acid groups (broad SMARTS) is 1. The smallest absolute Gasteiger partial charge is 0.320 e. The number of nitrogens with zero attached hydrogens (tertiary/aromatic N) is 1. The molecule has 0 aliphatic rings. The number of likely N-dealkylation sites (N-methyl/N-ethyl adjacent to an activating group) is 1. The third kappa shape index (κ3) is 4.86. The van der Waals surface area contributed by atoms with Gasteiger partial charge in [-0.3, -0.25) is 14.9 Å². The van der Waals surface area contributed by atoms with Crippen molar-refractivity contribution in [3.63, 3.8) is 0 Å². The lowest BCUT2D eigenvalue weighted by Crippen LogP contribution is -2.47. The van der Waals surface area contributed by atoms with Crippen molar-refractivity contribution >= 4 is 17.6 Å². The van der Waals surface area contributed by atoms with Crippen LogP contribution in [-0.4, -0.2) is 36.1 Å². The third-order valence-electron chi connectivity index (χ3n) is 3.64. The summed E-state index contributed by atoms with van der Waals surface area (Å²) in [5, 5.41) is 12.1. The van der Waals surface area contributed by atoms with Gasteiger partial charge in [0, 0.05) is 12.2 Å². The highest BCUT2D eigenvalue weighted by atomic mass is 16.4. The third-order valence-corrected chi connectivity index (χ3v) is 3.64. The van der Waals surface area contributed by atoms with Crippen LogP contribution >= 0.6 is 0 Å². The lowest BCUT2D eigenvalue weighted by molar-refractivity contribution is -0.140. The number of nitrogens with one attached hydrogen (secondary N) is 1. The Balaban J connectivity index is 2.68. The Morgan fingerprint density at radius 3 is 2.33 bits per heavy atom. The number of para-hydroxylation sites is 1. The van der Waals surface area contributed by atoms with Crippen molar-refractivity contribution in [3.8, 4) is 0 Å². The van der Waals surface area contributed by atoms with Crippen molar-refractivity contribution < 1.29 is 14.7 Å². The second kappa shape index (κ2) is 8.42. The van der Waals surface area contributed by atoms with Crippen LogP contribution in [0.25, 0.3) is 0 Å². The molecular formula is C16H24N2O3. The van der Waals surface area contributed by atoms with Gasteiger partial charge in [0.05, 0.1) is 6.54 Å². The number of hydrogen-bond acceptors (Lipinski definition) is 3. The minimum atomic E-state index is -0.917. The lowest BCUT2D eigenvalue weighted by Gasteiger charge is -2.24. The van der Waals surface area contributed by atoms with Crippen molar-refractivity contribution in [1.29, 1.82) is 0 Å². The topological polar surface area (TPSA) is 69.6 Å². The van der Waals surface area contributed by atoms with Crippen LogP contribution in [0.4, 0.5) is 5.69 Å². The molecule has 5 heteroatoms. The fraction of sp³-hybridized carbons (Fsp3) is 0.500. The summed E-state index contributed by atoms with van der Waals surface area (Å²) in [5.41, 5.74) is 0.821. The summed E-state index contributed by atoms with van der Waals surface area (Å²) in [7, 11) is 0. The standard InChI is InChI=1S/C16H24N2O3/c1-4-12(3)15(16(20)21)17-11-14(19)18(5-2)13-9-7-6-8-10-13/h6-10,12,15,17H,4-5,11H2,1-3H3,(H,20,21)/t12-,15-/m0/s1. The van der Waals surface area contributed by atoms with Gasteiger partial charge in [0.25, 0.3) is 0 Å². The maximum Gasteiger partial charge on any atom is 0.320 e. The number of aliphatic carboxylic acids is 1. The zero-order valence-electron chi connectivity index (χ0n) is 12.9. The molecule has 5 nitrogen and oxygen atoms in total. The average molecular weight is 292 g/mol. The van der Waals surface area contributed by atoms with E-state index in [0.29, 0.717) is 6.54 Å². The molecule has 0 fully saturated rings. The monoisotopic (exact) mass is 292 g/mol. The van der Waals surface area contributed by atoms with Gasteiger partial charge in [-0.25, -0.2) is 0 Å². The molecule has 0 saturated heterocycles. The van der Waals surface area contributed by atoms with Gasteiger partial charge >= 0.3 is 5.97 Å². The van der Waals surface area contributed by atoms with Gasteiger partial charge in [-0.05, 0) is 25.0 Å². The Hall–Kier alpha value is -1.88. The molecule has 0 heterocycles. The van der Waals surface area contributed by atoms with Gasteiger partial charge < -0.3 is 10.0 Å². The first-order valence-electron chi connectivity index (χ1n) is 7.32. The minimum absolute atomic E-state index is 0.0179. The zero-order chi connectivity index (χ0) is 15.8. The van der Waals surface area contributed by atoms with Crippen LogP contribution in [0.5, 0.6) is 0 Å². The Bertz CT molecular complexity index is 462. The number of hydrogen-bond donors (Lipinski definition) is 2. The molecule has 2 atom stereocenters. The summed E-state index contributed by atoms with van der Waals surface area (Å²) in [6.07, 6.45) is 0.744. The molecule has 0 bridgehead atoms. The fourth-order valence-corrected chi connectivity index (χ4v) is 2.17. The van der Waals surface area contributed by atoms with Crippen molar-refractivity contribution in [3.05, 3.63) is 30.3 Å². The van der Waals surface area contributed by atoms with E-state index in [1.54, 1.807) is 4.90 Å². The summed E-state index contributed by atoms with van der Waals surface area (Å²) in [4.78, 5) is 25.2. The van der Waals surface area contributed by atoms with Crippen LogP contribution < -0.4 is 10.2 Å². The molecule has 0 spiro atoms. The Morgan fingerprint density at radius 1 is 1.24 bits per heavy atom. The van der Waals surface area contributed by atoms with Crippen molar-refractivity contribution in [2.75, 3.05) is 18.0 Å². The molecule has 0 saturated carbocycles. The van der Waals surface area contributed by atoms with Crippen LogP contribution in [-0.2, 0) is 9.59 Å². The molecule has 2 N–H and O–H groups in total. The normalized spacial score (nSPS) is 13.5. The molecule has 1 aromatic carbocycles. The zero-order valence-corrected chi connectivity index (χ0v) is 12.9. The summed E-state index contributed by atoms with van der Waals surface area (Å²) in [5.74, 6) is -1.07. The van der Waals surface area contributed by atoms with Gasteiger partial charge in [-0.15, -0.1) is 0 Å². The fourth-order valence-electron chi connectivity index (χ4n) is 2.17. The highest BCUT2D eigenvalue weighted by Crippen LogP contribution is 2.13. The number of carboxylic acids is 1. The van der Waals surface area contributed by atoms with E-state index in [1.165, 1.54) is 0 Å². The summed E-state index contributed by atoms with van der Waals surface area (Å²) in [6.45, 7) is 6.27. The van der Waals surface area contributed by atoms with Crippen molar-refractivity contribution in [2.24, 2.45) is 5.92 Å². The molecule has 1 aromatic rings. The number of anilines is 1. The molecule has 0 aromatic heterocycles. The van der Waals surface area contributed by atoms with Gasteiger partial charge in [-0.1, -0.05) is 38.5 Å². The molecule has 0 unspecified atom stereocenters. The van der Waals surface area contributed by atoms with E-state index >= 15 is 0 Å². The van der Waals surface area contributed by atoms with Crippen LogP contribution in [0.3, 0.4) is 0 Å². The average Bonchev–Trinajstić information content (AvgIpc) is 2.48. The van der Waals surface area contributed by atoms with Gasteiger partial charge in [0.1, 0.15) is 6.04 Å². The van der Waals surface area contributed by atoms with Crippen molar-refractivity contribution in [2.45, 2.75) is 33.2 Å². The maximum absolute atomic E-state index is 12.3. The highest BCUT2D eigenvalue weighted by molar-refractivity contribution is 5.95. The van der Waals surface area contributed by atoms with Crippen LogP contribution in [0.2, 0.25) is 0 Å². The first-order chi connectivity index (χ1) is 10.0.